The number of carbonyl (C=O) groups is 1. The molecule has 1 aromatic carbocycles. The summed E-state index contributed by atoms with van der Waals surface area (Å²) in [7, 11) is 0. The summed E-state index contributed by atoms with van der Waals surface area (Å²) in [4.78, 5) is 21.8. The molecule has 0 aliphatic heterocycles. The molecule has 0 saturated heterocycles. The van der Waals surface area contributed by atoms with Crippen molar-refractivity contribution in [2.45, 2.75) is 20.3 Å². The zero-order valence-electron chi connectivity index (χ0n) is 13.0. The molecule has 3 rings (SSSR count). The molecule has 0 aliphatic rings. The lowest BCUT2D eigenvalue weighted by Crippen LogP contribution is -2.14. The Hall–Kier alpha value is -2.53. The first kappa shape index (κ1) is 15.4. The van der Waals surface area contributed by atoms with Crippen molar-refractivity contribution in [3.8, 4) is 10.6 Å². The van der Waals surface area contributed by atoms with Crippen LogP contribution in [0.3, 0.4) is 0 Å². The van der Waals surface area contributed by atoms with Crippen molar-refractivity contribution in [3.63, 3.8) is 0 Å². The molecule has 0 unspecified atom stereocenters. The van der Waals surface area contributed by atoms with E-state index in [1.807, 2.05) is 50.2 Å². The molecule has 2 heterocycles. The Morgan fingerprint density at radius 3 is 2.48 bits per heavy atom. The molecule has 0 aliphatic carbocycles. The third-order valence-corrected chi connectivity index (χ3v) is 4.68. The molecular weight excluding hydrogens is 306 g/mol. The van der Waals surface area contributed by atoms with Crippen LogP contribution in [0.5, 0.6) is 0 Å². The lowest BCUT2D eigenvalue weighted by atomic mass is 10.2. The van der Waals surface area contributed by atoms with Gasteiger partial charge in [-0.1, -0.05) is 17.7 Å². The van der Waals surface area contributed by atoms with Crippen LogP contribution >= 0.6 is 11.3 Å². The Bertz CT molecular complexity index is 810. The minimum atomic E-state index is -0.0260. The van der Waals surface area contributed by atoms with Crippen LogP contribution in [-0.4, -0.2) is 15.9 Å². The highest BCUT2D eigenvalue weighted by Gasteiger charge is 2.13. The van der Waals surface area contributed by atoms with Gasteiger partial charge in [0, 0.05) is 28.5 Å². The Morgan fingerprint density at radius 2 is 1.78 bits per heavy atom. The summed E-state index contributed by atoms with van der Waals surface area (Å²) in [6.07, 6.45) is 3.83. The molecule has 0 bridgehead atoms. The van der Waals surface area contributed by atoms with Gasteiger partial charge < -0.3 is 5.32 Å². The van der Waals surface area contributed by atoms with Crippen LogP contribution in [0.25, 0.3) is 10.6 Å². The molecule has 5 heteroatoms. The molecule has 23 heavy (non-hydrogen) atoms. The van der Waals surface area contributed by atoms with Gasteiger partial charge in [0.15, 0.2) is 0 Å². The van der Waals surface area contributed by atoms with Gasteiger partial charge >= 0.3 is 0 Å². The number of rotatable bonds is 4. The second-order valence-corrected chi connectivity index (χ2v) is 6.44. The van der Waals surface area contributed by atoms with Crippen molar-refractivity contribution in [1.29, 1.82) is 0 Å². The van der Waals surface area contributed by atoms with Gasteiger partial charge in [-0.05, 0) is 38.1 Å². The largest absolute Gasteiger partial charge is 0.326 e. The normalized spacial score (nSPS) is 10.5. The molecule has 1 N–H and O–H groups in total. The molecule has 2 aromatic heterocycles. The van der Waals surface area contributed by atoms with Crippen molar-refractivity contribution >= 4 is 22.9 Å². The summed E-state index contributed by atoms with van der Waals surface area (Å²) in [5, 5.41) is 3.84. The molecule has 0 spiro atoms. The first-order chi connectivity index (χ1) is 11.1. The average molecular weight is 323 g/mol. The van der Waals surface area contributed by atoms with Crippen molar-refractivity contribution in [2.75, 3.05) is 5.32 Å². The van der Waals surface area contributed by atoms with Crippen LogP contribution in [0.4, 0.5) is 5.69 Å². The molecule has 116 valence electrons. The van der Waals surface area contributed by atoms with Gasteiger partial charge in [0.05, 0.1) is 12.1 Å². The minimum absolute atomic E-state index is 0.0260. The molecule has 0 radical (unpaired) electrons. The van der Waals surface area contributed by atoms with Crippen LogP contribution in [-0.2, 0) is 11.2 Å². The van der Waals surface area contributed by atoms with E-state index in [1.165, 1.54) is 5.56 Å². The third-order valence-electron chi connectivity index (χ3n) is 3.48. The summed E-state index contributed by atoms with van der Waals surface area (Å²) < 4.78 is 0. The number of aromatic nitrogens is 2. The molecule has 0 atom stereocenters. The first-order valence-corrected chi connectivity index (χ1v) is 8.16. The van der Waals surface area contributed by atoms with E-state index in [9.17, 15) is 4.79 Å². The number of benzene rings is 1. The number of thiazole rings is 1. The number of hydrogen-bond acceptors (Lipinski definition) is 4. The summed E-state index contributed by atoms with van der Waals surface area (Å²) >= 11 is 1.55. The fourth-order valence-electron chi connectivity index (χ4n) is 2.20. The van der Waals surface area contributed by atoms with E-state index in [0.29, 0.717) is 6.42 Å². The number of hydrogen-bond donors (Lipinski definition) is 1. The van der Waals surface area contributed by atoms with E-state index < -0.39 is 0 Å². The maximum atomic E-state index is 12.2. The maximum absolute atomic E-state index is 12.2. The van der Waals surface area contributed by atoms with E-state index in [2.05, 4.69) is 15.3 Å². The van der Waals surface area contributed by atoms with Gasteiger partial charge in [0.1, 0.15) is 5.01 Å². The molecule has 0 saturated carbocycles. The summed E-state index contributed by atoms with van der Waals surface area (Å²) in [6.45, 7) is 3.96. The second kappa shape index (κ2) is 6.71. The standard InChI is InChI=1S/C18H17N3OS/c1-12-3-5-15(6-4-12)21-17(22)11-16-13(2)20-18(23-16)14-7-9-19-10-8-14/h3-10H,11H2,1-2H3,(H,21,22). The van der Waals surface area contributed by atoms with E-state index in [4.69, 9.17) is 0 Å². The molecule has 3 aromatic rings. The maximum Gasteiger partial charge on any atom is 0.229 e. The fraction of sp³-hybridized carbons (Fsp3) is 0.167. The smallest absolute Gasteiger partial charge is 0.229 e. The van der Waals surface area contributed by atoms with E-state index in [1.54, 1.807) is 23.7 Å². The van der Waals surface area contributed by atoms with Crippen molar-refractivity contribution in [1.82, 2.24) is 9.97 Å². The van der Waals surface area contributed by atoms with E-state index in [0.717, 1.165) is 26.8 Å². The number of aryl methyl sites for hydroxylation is 2. The van der Waals surface area contributed by atoms with E-state index in [-0.39, 0.29) is 5.91 Å². The lowest BCUT2D eigenvalue weighted by molar-refractivity contribution is -0.115. The van der Waals surface area contributed by atoms with Crippen molar-refractivity contribution < 1.29 is 4.79 Å². The average Bonchev–Trinajstić information content (AvgIpc) is 2.91. The number of anilines is 1. The SMILES string of the molecule is Cc1ccc(NC(=O)Cc2sc(-c3ccncc3)nc2C)cc1. The third kappa shape index (κ3) is 3.81. The fourth-order valence-corrected chi connectivity index (χ4v) is 3.26. The van der Waals surface area contributed by atoms with Crippen LogP contribution in [0.15, 0.2) is 48.8 Å². The number of nitrogens with one attached hydrogen (secondary N) is 1. The zero-order chi connectivity index (χ0) is 16.2. The Morgan fingerprint density at radius 1 is 1.09 bits per heavy atom. The summed E-state index contributed by atoms with van der Waals surface area (Å²) in [6, 6.07) is 11.6. The van der Waals surface area contributed by atoms with E-state index >= 15 is 0 Å². The predicted octanol–water partition coefficient (Wildman–Crippen LogP) is 4.00. The highest BCUT2D eigenvalue weighted by molar-refractivity contribution is 7.15. The summed E-state index contributed by atoms with van der Waals surface area (Å²) in [5.41, 5.74) is 3.92. The molecule has 0 fully saturated rings. The minimum Gasteiger partial charge on any atom is -0.326 e. The Kier molecular flexibility index (Phi) is 4.48. The van der Waals surface area contributed by atoms with Crippen LogP contribution in [0, 0.1) is 13.8 Å². The van der Waals surface area contributed by atoms with Gasteiger partial charge in [-0.2, -0.15) is 0 Å². The van der Waals surface area contributed by atoms with Crippen LogP contribution < -0.4 is 5.32 Å². The van der Waals surface area contributed by atoms with Crippen molar-refractivity contribution in [2.24, 2.45) is 0 Å². The van der Waals surface area contributed by atoms with Gasteiger partial charge in [-0.15, -0.1) is 11.3 Å². The molecule has 1 amide bonds. The van der Waals surface area contributed by atoms with Gasteiger partial charge in [-0.25, -0.2) is 4.98 Å². The van der Waals surface area contributed by atoms with Gasteiger partial charge in [0.2, 0.25) is 5.91 Å². The highest BCUT2D eigenvalue weighted by atomic mass is 32.1. The second-order valence-electron chi connectivity index (χ2n) is 5.35. The number of carbonyl (C=O) groups excluding carboxylic acids is 1. The number of pyridine rings is 1. The molecular formula is C18H17N3OS. The zero-order valence-corrected chi connectivity index (χ0v) is 13.9. The highest BCUT2D eigenvalue weighted by Crippen LogP contribution is 2.28. The first-order valence-electron chi connectivity index (χ1n) is 7.35. The molecule has 4 nitrogen and oxygen atoms in total. The predicted molar refractivity (Wildman–Crippen MR) is 93.6 cm³/mol. The number of nitrogens with zero attached hydrogens (tertiary/aromatic N) is 2. The van der Waals surface area contributed by atoms with Crippen LogP contribution in [0.1, 0.15) is 16.1 Å². The summed E-state index contributed by atoms with van der Waals surface area (Å²) in [5.74, 6) is -0.0260. The van der Waals surface area contributed by atoms with Gasteiger partial charge in [-0.3, -0.25) is 9.78 Å². The Balaban J connectivity index is 1.71. The topological polar surface area (TPSA) is 54.9 Å². The quantitative estimate of drug-likeness (QED) is 0.789. The van der Waals surface area contributed by atoms with Crippen molar-refractivity contribution in [3.05, 3.63) is 64.9 Å². The van der Waals surface area contributed by atoms with Gasteiger partial charge in [0.25, 0.3) is 0 Å². The Labute approximate surface area is 139 Å². The lowest BCUT2D eigenvalue weighted by Gasteiger charge is -2.04. The number of amides is 1. The van der Waals surface area contributed by atoms with Crippen LogP contribution in [0.2, 0.25) is 0 Å². The monoisotopic (exact) mass is 323 g/mol.